The van der Waals surface area contributed by atoms with Gasteiger partial charge in [0.15, 0.2) is 0 Å². The lowest BCUT2D eigenvalue weighted by molar-refractivity contribution is -0.142. The molecule has 0 rings (SSSR count). The molecule has 0 aliphatic rings. The van der Waals surface area contributed by atoms with Crippen LogP contribution < -0.4 is 0 Å². The van der Waals surface area contributed by atoms with Crippen LogP contribution in [0, 0.1) is 0 Å². The first-order chi connectivity index (χ1) is 17.5. The topological polar surface area (TPSA) is 81.7 Å². The minimum absolute atomic E-state index is 0.0449. The quantitative estimate of drug-likeness (QED) is 0.0577. The maximum absolute atomic E-state index is 11.8. The molecule has 0 fully saturated rings. The second kappa shape index (κ2) is 21.0. The molecule has 0 aromatic heterocycles. The summed E-state index contributed by atoms with van der Waals surface area (Å²) >= 11 is 21.4. The van der Waals surface area contributed by atoms with Crippen LogP contribution in [0.2, 0.25) is 0 Å². The number of hydrogen-bond donors (Lipinski definition) is 0. The highest BCUT2D eigenvalue weighted by Gasteiger charge is 2.27. The van der Waals surface area contributed by atoms with Crippen LogP contribution in [0.25, 0.3) is 0 Å². The van der Waals surface area contributed by atoms with Gasteiger partial charge in [0, 0.05) is 17.3 Å². The predicted octanol–water partition coefficient (Wildman–Crippen LogP) is 8.55. The van der Waals surface area contributed by atoms with Gasteiger partial charge in [-0.2, -0.15) is 0 Å². The maximum atomic E-state index is 11.8. The summed E-state index contributed by atoms with van der Waals surface area (Å²) in [5, 5.41) is 0. The van der Waals surface area contributed by atoms with Crippen molar-refractivity contribution in [3.05, 3.63) is 0 Å². The minimum atomic E-state index is -2.76. The monoisotopic (exact) mass is 710 g/mol. The van der Waals surface area contributed by atoms with E-state index in [1.165, 1.54) is 34.1 Å². The van der Waals surface area contributed by atoms with Crippen LogP contribution in [0.3, 0.4) is 0 Å². The van der Waals surface area contributed by atoms with Gasteiger partial charge in [0.1, 0.15) is 0 Å². The third-order valence-corrected chi connectivity index (χ3v) is 19.8. The van der Waals surface area contributed by atoms with E-state index in [4.69, 9.17) is 67.3 Å². The van der Waals surface area contributed by atoms with E-state index in [1.807, 2.05) is 55.4 Å². The van der Waals surface area contributed by atoms with E-state index in [9.17, 15) is 4.79 Å². The summed E-state index contributed by atoms with van der Waals surface area (Å²) in [6.07, 6.45) is 0.0462. The van der Waals surface area contributed by atoms with Crippen molar-refractivity contribution in [3.8, 4) is 0 Å². The van der Waals surface area contributed by atoms with Crippen LogP contribution in [0.15, 0.2) is 0 Å². The van der Waals surface area contributed by atoms with Crippen molar-refractivity contribution < 1.29 is 36.7 Å². The Morgan fingerprint density at radius 3 is 1.29 bits per heavy atom. The Morgan fingerprint density at radius 2 is 0.974 bits per heavy atom. The van der Waals surface area contributed by atoms with Crippen molar-refractivity contribution >= 4 is 92.6 Å². The Hall–Kier alpha value is 2.23. The van der Waals surface area contributed by atoms with Gasteiger partial charge in [0.2, 0.25) is 17.1 Å². The van der Waals surface area contributed by atoms with Crippen molar-refractivity contribution in [2.24, 2.45) is 0 Å². The fourth-order valence-electron chi connectivity index (χ4n) is 2.39. The number of esters is 1. The lowest BCUT2D eigenvalue weighted by atomic mass is 10.5. The van der Waals surface area contributed by atoms with Gasteiger partial charge in [-0.15, -0.1) is 0 Å². The van der Waals surface area contributed by atoms with Gasteiger partial charge in [-0.25, -0.2) is 0 Å². The first-order valence-electron chi connectivity index (χ1n) is 12.5. The molecule has 0 atom stereocenters. The molecule has 0 aliphatic carbocycles. The maximum Gasteiger partial charge on any atom is 0.306 e. The summed E-state index contributed by atoms with van der Waals surface area (Å²) in [6.45, 7) is 18.2. The third kappa shape index (κ3) is 21.0. The summed E-state index contributed by atoms with van der Waals surface area (Å²) < 4.78 is 41.0. The van der Waals surface area contributed by atoms with Gasteiger partial charge >= 0.3 is 5.97 Å². The molecular formula is C21H45O8P3S6. The Bertz CT molecular complexity index is 738. The van der Waals surface area contributed by atoms with Crippen molar-refractivity contribution in [1.82, 2.24) is 0 Å². The van der Waals surface area contributed by atoms with Gasteiger partial charge in [-0.1, -0.05) is 34.1 Å². The number of hydrogen-bond acceptors (Lipinski definition) is 14. The van der Waals surface area contributed by atoms with Crippen molar-refractivity contribution in [3.63, 3.8) is 0 Å². The molecule has 0 aliphatic heterocycles. The SMILES string of the molecule is CCOC(=O)CCSP(=S)(OCCSP(=S)(OC(C)C)OC(C)C)OCCSP(=S)(OC(C)C)OC(C)C. The largest absolute Gasteiger partial charge is 0.466 e. The minimum Gasteiger partial charge on any atom is -0.466 e. The molecule has 17 heteroatoms. The molecule has 0 aromatic rings. The van der Waals surface area contributed by atoms with Crippen molar-refractivity contribution in [2.45, 2.75) is 93.2 Å². The van der Waals surface area contributed by atoms with E-state index >= 15 is 0 Å². The van der Waals surface area contributed by atoms with Gasteiger partial charge in [0.25, 0.3) is 0 Å². The van der Waals surface area contributed by atoms with E-state index in [0.717, 1.165) is 0 Å². The van der Waals surface area contributed by atoms with Gasteiger partial charge in [0.05, 0.1) is 50.7 Å². The predicted molar refractivity (Wildman–Crippen MR) is 178 cm³/mol. The number of carbonyl (C=O) groups excluding carboxylic acids is 1. The zero-order chi connectivity index (χ0) is 29.4. The van der Waals surface area contributed by atoms with E-state index in [-0.39, 0.29) is 36.8 Å². The molecule has 0 heterocycles. The van der Waals surface area contributed by atoms with Gasteiger partial charge < -0.3 is 31.9 Å². The van der Waals surface area contributed by atoms with Crippen LogP contribution in [0.1, 0.15) is 68.7 Å². The fourth-order valence-corrected chi connectivity index (χ4v) is 18.1. The summed E-state index contributed by atoms with van der Waals surface area (Å²) in [4.78, 5) is 11.8. The van der Waals surface area contributed by atoms with Crippen LogP contribution in [0.5, 0.6) is 0 Å². The van der Waals surface area contributed by atoms with Gasteiger partial charge in [-0.05, 0) is 97.7 Å². The van der Waals surface area contributed by atoms with Crippen LogP contribution in [-0.2, 0) is 72.1 Å². The molecule has 0 amide bonds. The molecule has 0 saturated carbocycles. The molecule has 0 N–H and O–H groups in total. The van der Waals surface area contributed by atoms with Crippen LogP contribution in [-0.4, -0.2) is 67.5 Å². The molecule has 0 aromatic carbocycles. The molecule has 0 saturated heterocycles. The highest BCUT2D eigenvalue weighted by atomic mass is 32.9. The zero-order valence-electron chi connectivity index (χ0n) is 23.8. The van der Waals surface area contributed by atoms with E-state index in [1.54, 1.807) is 6.92 Å². The fraction of sp³-hybridized carbons (Fsp3) is 0.952. The lowest BCUT2D eigenvalue weighted by Gasteiger charge is -2.27. The second-order valence-electron chi connectivity index (χ2n) is 8.68. The molecule has 228 valence electrons. The van der Waals surface area contributed by atoms with E-state index in [2.05, 4.69) is 0 Å². The average Bonchev–Trinajstić information content (AvgIpc) is 2.72. The lowest BCUT2D eigenvalue weighted by Crippen LogP contribution is -2.08. The Kier molecular flexibility index (Phi) is 22.3. The number of carbonyl (C=O) groups is 1. The van der Waals surface area contributed by atoms with Crippen LogP contribution >= 0.6 is 51.2 Å². The van der Waals surface area contributed by atoms with Crippen molar-refractivity contribution in [1.29, 1.82) is 0 Å². The molecule has 0 radical (unpaired) electrons. The summed E-state index contributed by atoms with van der Waals surface area (Å²) in [7, 11) is 0. The first-order valence-corrected chi connectivity index (χ1v) is 25.1. The van der Waals surface area contributed by atoms with Crippen LogP contribution in [0.4, 0.5) is 0 Å². The number of rotatable bonds is 23. The molecular weight excluding hydrogens is 666 g/mol. The summed E-state index contributed by atoms with van der Waals surface area (Å²) in [6, 6.07) is 0. The van der Waals surface area contributed by atoms with Crippen molar-refractivity contribution in [2.75, 3.05) is 37.1 Å². The first kappa shape index (κ1) is 40.2. The molecule has 0 bridgehead atoms. The second-order valence-corrected chi connectivity index (χ2v) is 27.8. The van der Waals surface area contributed by atoms with E-state index in [0.29, 0.717) is 37.1 Å². The normalized spacial score (nSPS) is 13.3. The Labute approximate surface area is 257 Å². The van der Waals surface area contributed by atoms with Gasteiger partial charge in [-0.3, -0.25) is 4.79 Å². The summed E-state index contributed by atoms with van der Waals surface area (Å²) in [5.41, 5.74) is -7.81. The highest BCUT2D eigenvalue weighted by molar-refractivity contribution is 8.68. The Morgan fingerprint density at radius 1 is 0.632 bits per heavy atom. The molecule has 38 heavy (non-hydrogen) atoms. The zero-order valence-corrected chi connectivity index (χ0v) is 31.4. The molecule has 0 unspecified atom stereocenters. The standard InChI is InChI=1S/C21H45O8P3S6/c1-10-23-21(22)11-14-36-30(33,24-12-15-37-31(34,26-17(2)3)27-18(4)5)25-13-16-38-32(35,28-19(6)7)29-20(8)9/h17-20H,10-16H2,1-9H3. The molecule has 0 spiro atoms. The summed E-state index contributed by atoms with van der Waals surface area (Å²) in [5.74, 6) is 1.24. The molecule has 8 nitrogen and oxygen atoms in total. The van der Waals surface area contributed by atoms with E-state index < -0.39 is 17.1 Å². The smallest absolute Gasteiger partial charge is 0.306 e. The average molecular weight is 711 g/mol. The highest BCUT2D eigenvalue weighted by Crippen LogP contribution is 2.65. The number of ether oxygens (including phenoxy) is 1. The third-order valence-electron chi connectivity index (χ3n) is 3.38. The Balaban J connectivity index is 5.13.